The van der Waals surface area contributed by atoms with Gasteiger partial charge in [0.15, 0.2) is 0 Å². The highest BCUT2D eigenvalue weighted by Gasteiger charge is 2.42. The minimum Gasteiger partial charge on any atom is -0.490 e. The number of halogens is 3. The highest BCUT2D eigenvalue weighted by Crippen LogP contribution is 2.43. The highest BCUT2D eigenvalue weighted by molar-refractivity contribution is 6.10. The van der Waals surface area contributed by atoms with Gasteiger partial charge in [-0.25, -0.2) is 8.78 Å². The summed E-state index contributed by atoms with van der Waals surface area (Å²) in [5.74, 6) is -4.14. The van der Waals surface area contributed by atoms with Crippen molar-refractivity contribution in [2.45, 2.75) is 51.2 Å². The fraction of sp³-hybridized carbons (Fsp3) is 0.361. The number of fused-ring (bicyclic) bond motifs is 1. The molecule has 0 atom stereocenters. The van der Waals surface area contributed by atoms with Crippen LogP contribution in [0.15, 0.2) is 78.9 Å². The van der Waals surface area contributed by atoms with Crippen molar-refractivity contribution in [3.05, 3.63) is 95.6 Å². The maximum Gasteiger partial charge on any atom is 0.275 e. The molecule has 8 nitrogen and oxygen atoms in total. The van der Waals surface area contributed by atoms with Crippen LogP contribution in [0.1, 0.15) is 59.4 Å². The van der Waals surface area contributed by atoms with Gasteiger partial charge in [-0.2, -0.15) is 0 Å². The van der Waals surface area contributed by atoms with Crippen LogP contribution < -0.4 is 15.0 Å². The number of benzene rings is 3. The number of allylic oxidation sites excluding steroid dienone is 1. The van der Waals surface area contributed by atoms with Crippen LogP contribution in [0.3, 0.4) is 0 Å². The molecule has 1 saturated heterocycles. The van der Waals surface area contributed by atoms with Crippen molar-refractivity contribution in [3.63, 3.8) is 0 Å². The van der Waals surface area contributed by atoms with Gasteiger partial charge in [-0.3, -0.25) is 14.4 Å². The van der Waals surface area contributed by atoms with Gasteiger partial charge in [0.1, 0.15) is 5.75 Å². The molecular formula is C36H41ClF2N4O4. The molecule has 0 unspecified atom stereocenters. The van der Waals surface area contributed by atoms with Crippen molar-refractivity contribution in [3.8, 4) is 5.75 Å². The number of nitrogens with one attached hydrogen (secondary N) is 1. The van der Waals surface area contributed by atoms with Crippen LogP contribution >= 0.6 is 12.4 Å². The van der Waals surface area contributed by atoms with E-state index < -0.39 is 24.2 Å². The molecule has 0 bridgehead atoms. The summed E-state index contributed by atoms with van der Waals surface area (Å²) >= 11 is 0. The number of alkyl halides is 2. The van der Waals surface area contributed by atoms with Crippen LogP contribution in [0.2, 0.25) is 0 Å². The average molecular weight is 667 g/mol. The van der Waals surface area contributed by atoms with E-state index in [0.717, 1.165) is 18.9 Å². The van der Waals surface area contributed by atoms with Gasteiger partial charge in [-0.05, 0) is 83.2 Å². The van der Waals surface area contributed by atoms with E-state index in [0.29, 0.717) is 41.8 Å². The summed E-state index contributed by atoms with van der Waals surface area (Å²) in [5, 5.41) is 2.82. The van der Waals surface area contributed by atoms with Gasteiger partial charge in [-0.15, -0.1) is 12.4 Å². The Balaban J connectivity index is 0.00000500. The number of carbonyl (C=O) groups excluding carboxylic acids is 3. The smallest absolute Gasteiger partial charge is 0.275 e. The Bertz CT molecular complexity index is 1620. The molecule has 2 heterocycles. The van der Waals surface area contributed by atoms with Gasteiger partial charge in [0, 0.05) is 60.6 Å². The number of para-hydroxylation sites is 2. The standard InChI is InChI=1S/C36H40F2N4O4.ClH/c1-24(2)46-32-12-8-6-10-29(32)34(44)39-26-15-13-25(14-16-26)35(45)42-22-19-36(37,38)30(28-9-5-7-11-31(28)42)23-33(43)41-20-17-27(18-21-41)40(3)4;/h5-16,23-24,27H,17-22H2,1-4H3,(H,39,44);1H. The maximum atomic E-state index is 15.7. The molecule has 0 radical (unpaired) electrons. The molecule has 3 aromatic rings. The number of hydrogen-bond acceptors (Lipinski definition) is 5. The topological polar surface area (TPSA) is 82.2 Å². The Labute approximate surface area is 280 Å². The van der Waals surface area contributed by atoms with E-state index >= 15 is 8.78 Å². The van der Waals surface area contributed by atoms with Crippen LogP contribution in [-0.2, 0) is 4.79 Å². The van der Waals surface area contributed by atoms with Crippen LogP contribution in [0.5, 0.6) is 5.75 Å². The summed E-state index contributed by atoms with van der Waals surface area (Å²) in [6.07, 6.45) is 1.87. The van der Waals surface area contributed by atoms with E-state index in [2.05, 4.69) is 10.2 Å². The number of ether oxygens (including phenoxy) is 1. The lowest BCUT2D eigenvalue weighted by atomic mass is 9.96. The molecular weight excluding hydrogens is 626 g/mol. The first-order valence-corrected chi connectivity index (χ1v) is 15.6. The van der Waals surface area contributed by atoms with Gasteiger partial charge < -0.3 is 24.8 Å². The van der Waals surface area contributed by atoms with E-state index in [1.807, 2.05) is 27.9 Å². The first-order chi connectivity index (χ1) is 21.9. The normalized spacial score (nSPS) is 17.1. The number of hydrogen-bond donors (Lipinski definition) is 1. The largest absolute Gasteiger partial charge is 0.490 e. The second kappa shape index (κ2) is 15.1. The van der Waals surface area contributed by atoms with Gasteiger partial charge >= 0.3 is 0 Å². The Morgan fingerprint density at radius 1 is 0.936 bits per heavy atom. The van der Waals surface area contributed by atoms with Gasteiger partial charge in [0.05, 0.1) is 17.4 Å². The molecule has 250 valence electrons. The van der Waals surface area contributed by atoms with Crippen molar-refractivity contribution in [2.24, 2.45) is 0 Å². The Morgan fingerprint density at radius 3 is 2.23 bits per heavy atom. The third-order valence-corrected chi connectivity index (χ3v) is 8.43. The molecule has 2 aliphatic rings. The average Bonchev–Trinajstić information content (AvgIpc) is 3.14. The predicted octanol–water partition coefficient (Wildman–Crippen LogP) is 6.77. The summed E-state index contributed by atoms with van der Waals surface area (Å²) in [4.78, 5) is 45.1. The first-order valence-electron chi connectivity index (χ1n) is 15.6. The Kier molecular flexibility index (Phi) is 11.4. The number of nitrogens with zero attached hydrogens (tertiary/aromatic N) is 3. The lowest BCUT2D eigenvalue weighted by molar-refractivity contribution is -0.127. The summed E-state index contributed by atoms with van der Waals surface area (Å²) in [6, 6.07) is 20.1. The minimum atomic E-state index is -3.33. The second-order valence-electron chi connectivity index (χ2n) is 12.2. The van der Waals surface area contributed by atoms with E-state index in [1.165, 1.54) is 11.0 Å². The first kappa shape index (κ1) is 35.6. The number of anilines is 2. The third kappa shape index (κ3) is 8.18. The molecule has 0 saturated carbocycles. The highest BCUT2D eigenvalue weighted by atomic mass is 35.5. The number of carbonyl (C=O) groups is 3. The molecule has 3 amide bonds. The maximum absolute atomic E-state index is 15.7. The van der Waals surface area contributed by atoms with Gasteiger partial charge in [0.2, 0.25) is 5.91 Å². The van der Waals surface area contributed by atoms with Crippen molar-refractivity contribution < 1.29 is 27.9 Å². The van der Waals surface area contributed by atoms with Crippen LogP contribution in [-0.4, -0.2) is 79.3 Å². The van der Waals surface area contributed by atoms with Crippen LogP contribution in [0, 0.1) is 0 Å². The van der Waals surface area contributed by atoms with Gasteiger partial charge in [0.25, 0.3) is 17.7 Å². The summed E-state index contributed by atoms with van der Waals surface area (Å²) in [6.45, 7) is 4.51. The Morgan fingerprint density at radius 2 is 1.57 bits per heavy atom. The summed E-state index contributed by atoms with van der Waals surface area (Å²) in [5.41, 5.74) is 1.20. The van der Waals surface area contributed by atoms with E-state index in [-0.39, 0.29) is 47.7 Å². The van der Waals surface area contributed by atoms with Gasteiger partial charge in [-0.1, -0.05) is 30.3 Å². The minimum absolute atomic E-state index is 0. The van der Waals surface area contributed by atoms with E-state index in [1.54, 1.807) is 71.6 Å². The number of piperidine rings is 1. The third-order valence-electron chi connectivity index (χ3n) is 8.43. The zero-order chi connectivity index (χ0) is 33.0. The van der Waals surface area contributed by atoms with Crippen molar-refractivity contribution in [1.82, 2.24) is 9.80 Å². The fourth-order valence-electron chi connectivity index (χ4n) is 5.91. The second-order valence-corrected chi connectivity index (χ2v) is 12.2. The number of amides is 3. The van der Waals surface area contributed by atoms with E-state index in [9.17, 15) is 14.4 Å². The molecule has 5 rings (SSSR count). The molecule has 2 aliphatic heterocycles. The molecule has 3 aromatic carbocycles. The number of likely N-dealkylation sites (tertiary alicyclic amines) is 1. The van der Waals surface area contributed by atoms with Crippen molar-refractivity contribution in [2.75, 3.05) is 43.9 Å². The SMILES string of the molecule is CC(C)Oc1ccccc1C(=O)Nc1ccc(C(=O)N2CCC(F)(F)C(=CC(=O)N3CCC(N(C)C)CC3)c3ccccc32)cc1.Cl. The van der Waals surface area contributed by atoms with Crippen LogP contribution in [0.25, 0.3) is 5.57 Å². The quantitative estimate of drug-likeness (QED) is 0.282. The monoisotopic (exact) mass is 666 g/mol. The van der Waals surface area contributed by atoms with Crippen LogP contribution in [0.4, 0.5) is 20.2 Å². The predicted molar refractivity (Wildman–Crippen MR) is 183 cm³/mol. The summed E-state index contributed by atoms with van der Waals surface area (Å²) in [7, 11) is 3.99. The molecule has 0 spiro atoms. The molecule has 1 N–H and O–H groups in total. The zero-order valence-electron chi connectivity index (χ0n) is 27.0. The van der Waals surface area contributed by atoms with Crippen molar-refractivity contribution >= 4 is 47.1 Å². The Hall–Kier alpha value is -4.28. The van der Waals surface area contributed by atoms with Crippen molar-refractivity contribution in [1.29, 1.82) is 0 Å². The van der Waals surface area contributed by atoms with E-state index in [4.69, 9.17) is 4.74 Å². The zero-order valence-corrected chi connectivity index (χ0v) is 27.9. The fourth-order valence-corrected chi connectivity index (χ4v) is 5.91. The molecule has 1 fully saturated rings. The number of rotatable bonds is 7. The molecule has 0 aliphatic carbocycles. The molecule has 0 aromatic heterocycles. The lowest BCUT2D eigenvalue weighted by Crippen LogP contribution is -2.44. The molecule has 11 heteroatoms. The lowest BCUT2D eigenvalue weighted by Gasteiger charge is -2.35. The summed E-state index contributed by atoms with van der Waals surface area (Å²) < 4.78 is 37.2. The molecule has 47 heavy (non-hydrogen) atoms.